The van der Waals surface area contributed by atoms with Crippen molar-refractivity contribution in [2.24, 2.45) is 0 Å². The molecule has 2 aromatic rings. The topological polar surface area (TPSA) is 88.3 Å². The Bertz CT molecular complexity index is 670. The van der Waals surface area contributed by atoms with Crippen LogP contribution in [-0.2, 0) is 11.3 Å². The van der Waals surface area contributed by atoms with E-state index in [0.29, 0.717) is 5.11 Å². The molecule has 0 fully saturated rings. The fraction of sp³-hybridized carbons (Fsp3) is 0.429. The first kappa shape index (κ1) is 17.1. The molecule has 124 valence electrons. The maximum atomic E-state index is 11.9. The van der Waals surface area contributed by atoms with Crippen LogP contribution in [0.3, 0.4) is 0 Å². The predicted octanol–water partition coefficient (Wildman–Crippen LogP) is -1.54. The summed E-state index contributed by atoms with van der Waals surface area (Å²) in [4.78, 5) is 13.3. The number of nitrogens with one attached hydrogen (secondary N) is 4. The van der Waals surface area contributed by atoms with Gasteiger partial charge in [-0.2, -0.15) is 0 Å². The van der Waals surface area contributed by atoms with Crippen LogP contribution in [0.2, 0.25) is 0 Å². The van der Waals surface area contributed by atoms with E-state index in [0.717, 1.165) is 30.5 Å². The maximum absolute atomic E-state index is 11.9. The molecule has 0 saturated heterocycles. The monoisotopic (exact) mass is 336 g/mol. The molecule has 0 aliphatic carbocycles. The number of benzene rings is 1. The number of hydrogen-bond acceptors (Lipinski definition) is 4. The van der Waals surface area contributed by atoms with Gasteiger partial charge in [-0.15, -0.1) is 5.10 Å². The Morgan fingerprint density at radius 3 is 2.87 bits per heavy atom. The van der Waals surface area contributed by atoms with E-state index in [1.165, 1.54) is 4.90 Å². The number of fused-ring (bicyclic) bond motifs is 1. The number of thiocarbonyl (C=S) groups is 1. The highest BCUT2D eigenvalue weighted by molar-refractivity contribution is 7.80. The summed E-state index contributed by atoms with van der Waals surface area (Å²) >= 11 is 5.10. The van der Waals surface area contributed by atoms with Gasteiger partial charge < -0.3 is 10.2 Å². The zero-order valence-corrected chi connectivity index (χ0v) is 14.1. The molecule has 0 aliphatic rings. The van der Waals surface area contributed by atoms with E-state index in [1.807, 2.05) is 24.3 Å². The second-order valence-corrected chi connectivity index (χ2v) is 5.88. The molecule has 4 N–H and O–H groups in total. The number of hydrazine groups is 1. The molecular formula is C14H22N7OS+. The van der Waals surface area contributed by atoms with Crippen LogP contribution in [0.15, 0.2) is 24.3 Å². The molecule has 1 heterocycles. The molecule has 0 unspecified atom stereocenters. The molecule has 2 rings (SSSR count). The summed E-state index contributed by atoms with van der Waals surface area (Å²) in [5, 5.41) is 11.4. The molecule has 1 amide bonds. The highest BCUT2D eigenvalue weighted by Crippen LogP contribution is 2.08. The molecular weight excluding hydrogens is 314 g/mol. The largest absolute Gasteiger partial charge is 0.361 e. The predicted molar refractivity (Wildman–Crippen MR) is 91.7 cm³/mol. The van der Waals surface area contributed by atoms with Crippen molar-refractivity contribution < 1.29 is 9.69 Å². The first-order valence-electron chi connectivity index (χ1n) is 7.46. The highest BCUT2D eigenvalue weighted by Gasteiger charge is 2.08. The van der Waals surface area contributed by atoms with E-state index in [1.54, 1.807) is 4.68 Å². The third kappa shape index (κ3) is 5.46. The minimum Gasteiger partial charge on any atom is -0.361 e. The second kappa shape index (κ2) is 8.39. The van der Waals surface area contributed by atoms with Gasteiger partial charge in [-0.05, 0) is 24.4 Å². The first-order chi connectivity index (χ1) is 11.1. The molecule has 0 aliphatic heterocycles. The Kier molecular flexibility index (Phi) is 6.24. The number of aromatic nitrogens is 3. The lowest BCUT2D eigenvalue weighted by Gasteiger charge is -2.12. The van der Waals surface area contributed by atoms with E-state index in [2.05, 4.69) is 40.6 Å². The van der Waals surface area contributed by atoms with Crippen LogP contribution in [0, 0.1) is 0 Å². The van der Waals surface area contributed by atoms with Gasteiger partial charge in [-0.25, -0.2) is 4.68 Å². The Morgan fingerprint density at radius 2 is 2.09 bits per heavy atom. The van der Waals surface area contributed by atoms with Crippen LogP contribution in [0.1, 0.15) is 6.42 Å². The van der Waals surface area contributed by atoms with Gasteiger partial charge in [0.1, 0.15) is 12.1 Å². The van der Waals surface area contributed by atoms with Gasteiger partial charge in [0.2, 0.25) is 0 Å². The van der Waals surface area contributed by atoms with Gasteiger partial charge >= 0.3 is 0 Å². The van der Waals surface area contributed by atoms with Gasteiger partial charge in [-0.3, -0.25) is 15.6 Å². The molecule has 0 saturated carbocycles. The van der Waals surface area contributed by atoms with Crippen molar-refractivity contribution in [1.82, 2.24) is 31.2 Å². The lowest BCUT2D eigenvalue weighted by molar-refractivity contribution is -0.858. The highest BCUT2D eigenvalue weighted by atomic mass is 32.1. The number of carbonyl (C=O) groups is 1. The lowest BCUT2D eigenvalue weighted by atomic mass is 10.3. The van der Waals surface area contributed by atoms with Gasteiger partial charge in [0.05, 0.1) is 26.2 Å². The summed E-state index contributed by atoms with van der Waals surface area (Å²) in [5.41, 5.74) is 6.80. The second-order valence-electron chi connectivity index (χ2n) is 5.48. The van der Waals surface area contributed by atoms with Crippen LogP contribution in [0.5, 0.6) is 0 Å². The Hall–Kier alpha value is -2.26. The summed E-state index contributed by atoms with van der Waals surface area (Å²) in [7, 11) is 4.20. The summed E-state index contributed by atoms with van der Waals surface area (Å²) in [6.07, 6.45) is 1.00. The third-order valence-electron chi connectivity index (χ3n) is 3.17. The summed E-state index contributed by atoms with van der Waals surface area (Å²) in [6.45, 7) is 1.89. The molecule has 0 radical (unpaired) electrons. The Balaban J connectivity index is 1.72. The third-order valence-corrected chi connectivity index (χ3v) is 3.41. The SMILES string of the molecule is C[NH+](C)CCCNC(=S)NNC(=O)Cn1nnc2ccccc21. The number of hydrogen-bond donors (Lipinski definition) is 4. The molecule has 0 spiro atoms. The van der Waals surface area contributed by atoms with Crippen LogP contribution >= 0.6 is 12.2 Å². The normalized spacial score (nSPS) is 10.7. The minimum absolute atomic E-state index is 0.0696. The fourth-order valence-electron chi connectivity index (χ4n) is 2.02. The van der Waals surface area contributed by atoms with Crippen molar-refractivity contribution in [3.63, 3.8) is 0 Å². The van der Waals surface area contributed by atoms with E-state index in [-0.39, 0.29) is 12.5 Å². The van der Waals surface area contributed by atoms with Crippen molar-refractivity contribution in [3.05, 3.63) is 24.3 Å². The standard InChI is InChI=1S/C14H21N7OS/c1-20(2)9-5-8-15-14(23)18-17-13(22)10-21-12-7-4-3-6-11(12)16-19-21/h3-4,6-7H,5,8-10H2,1-2H3,(H,17,22)(H2,15,18,23)/p+1. The van der Waals surface area contributed by atoms with Crippen molar-refractivity contribution >= 4 is 34.3 Å². The van der Waals surface area contributed by atoms with Crippen molar-refractivity contribution in [1.29, 1.82) is 0 Å². The van der Waals surface area contributed by atoms with Crippen LogP contribution in [0.4, 0.5) is 0 Å². The van der Waals surface area contributed by atoms with E-state index >= 15 is 0 Å². The average molecular weight is 336 g/mol. The van der Waals surface area contributed by atoms with Crippen molar-refractivity contribution in [3.8, 4) is 0 Å². The van der Waals surface area contributed by atoms with Gasteiger partial charge in [0.15, 0.2) is 5.11 Å². The van der Waals surface area contributed by atoms with E-state index < -0.39 is 0 Å². The fourth-order valence-corrected chi connectivity index (χ4v) is 2.18. The smallest absolute Gasteiger partial charge is 0.260 e. The number of quaternary nitrogens is 1. The van der Waals surface area contributed by atoms with Crippen LogP contribution in [0.25, 0.3) is 11.0 Å². The zero-order chi connectivity index (χ0) is 16.7. The lowest BCUT2D eigenvalue weighted by Crippen LogP contribution is -3.05. The van der Waals surface area contributed by atoms with Crippen molar-refractivity contribution in [2.75, 3.05) is 27.2 Å². The number of para-hydroxylation sites is 1. The molecule has 0 atom stereocenters. The first-order valence-corrected chi connectivity index (χ1v) is 7.87. The molecule has 23 heavy (non-hydrogen) atoms. The summed E-state index contributed by atoms with van der Waals surface area (Å²) < 4.78 is 1.54. The Morgan fingerprint density at radius 1 is 1.30 bits per heavy atom. The average Bonchev–Trinajstić information content (AvgIpc) is 2.93. The van der Waals surface area contributed by atoms with Gasteiger partial charge in [-0.1, -0.05) is 17.3 Å². The van der Waals surface area contributed by atoms with Crippen LogP contribution in [-0.4, -0.2) is 53.2 Å². The number of carbonyl (C=O) groups excluding carboxylic acids is 1. The number of nitrogens with zero attached hydrogens (tertiary/aromatic N) is 3. The zero-order valence-electron chi connectivity index (χ0n) is 13.3. The van der Waals surface area contributed by atoms with E-state index in [9.17, 15) is 4.79 Å². The van der Waals surface area contributed by atoms with Gasteiger partial charge in [0, 0.05) is 13.0 Å². The number of amides is 1. The summed E-state index contributed by atoms with van der Waals surface area (Å²) in [5.74, 6) is -0.248. The maximum Gasteiger partial charge on any atom is 0.260 e. The quantitative estimate of drug-likeness (QED) is 0.291. The minimum atomic E-state index is -0.248. The van der Waals surface area contributed by atoms with Gasteiger partial charge in [0.25, 0.3) is 5.91 Å². The van der Waals surface area contributed by atoms with Crippen molar-refractivity contribution in [2.45, 2.75) is 13.0 Å². The number of rotatable bonds is 6. The molecule has 0 bridgehead atoms. The molecule has 9 heteroatoms. The summed E-state index contributed by atoms with van der Waals surface area (Å²) in [6, 6.07) is 7.48. The molecule has 1 aromatic carbocycles. The van der Waals surface area contributed by atoms with E-state index in [4.69, 9.17) is 12.2 Å². The van der Waals surface area contributed by atoms with Crippen LogP contribution < -0.4 is 21.1 Å². The Labute approximate surface area is 140 Å². The molecule has 1 aromatic heterocycles. The molecule has 8 nitrogen and oxygen atoms in total.